The van der Waals surface area contributed by atoms with Crippen LogP contribution in [-0.2, 0) is 65.4 Å². The monoisotopic (exact) mass is 1320 g/mol. The third-order valence-electron chi connectivity index (χ3n) is 16.5. The van der Waals surface area contributed by atoms with Gasteiger partial charge in [0, 0.05) is 25.7 Å². The maximum Gasteiger partial charge on any atom is 0.472 e. The number of ether oxygens (including phenoxy) is 4. The molecule has 0 fully saturated rings. The van der Waals surface area contributed by atoms with Gasteiger partial charge in [-0.25, -0.2) is 9.13 Å². The fourth-order valence-electron chi connectivity index (χ4n) is 10.8. The third kappa shape index (κ3) is 64.8. The number of unbranched alkanes of at least 4 members (excludes halogenated alkanes) is 40. The van der Waals surface area contributed by atoms with Crippen molar-refractivity contribution in [2.45, 2.75) is 381 Å². The highest BCUT2D eigenvalue weighted by Crippen LogP contribution is 2.45. The molecule has 90 heavy (non-hydrogen) atoms. The van der Waals surface area contributed by atoms with Crippen molar-refractivity contribution in [3.63, 3.8) is 0 Å². The van der Waals surface area contributed by atoms with Crippen molar-refractivity contribution < 1.29 is 80.2 Å². The molecule has 0 aromatic rings. The molecule has 3 N–H and O–H groups in total. The molecule has 0 aromatic heterocycles. The molecule has 0 heterocycles. The first-order valence-corrected chi connectivity index (χ1v) is 40.0. The average molecular weight is 1330 g/mol. The Morgan fingerprint density at radius 2 is 0.511 bits per heavy atom. The molecule has 0 saturated heterocycles. The van der Waals surface area contributed by atoms with E-state index < -0.39 is 97.5 Å². The molecule has 2 unspecified atom stereocenters. The number of phosphoric acid groups is 2. The van der Waals surface area contributed by atoms with E-state index in [4.69, 9.17) is 37.0 Å². The zero-order valence-electron chi connectivity index (χ0n) is 58.4. The Bertz CT molecular complexity index is 1750. The van der Waals surface area contributed by atoms with Crippen molar-refractivity contribution in [1.82, 2.24) is 0 Å². The number of carbonyl (C=O) groups excluding carboxylic acids is 4. The predicted octanol–water partition coefficient (Wildman–Crippen LogP) is 20.4. The summed E-state index contributed by atoms with van der Waals surface area (Å²) in [5.41, 5.74) is 0. The Balaban J connectivity index is 5.15. The Kier molecular flexibility index (Phi) is 61.8. The number of hydrogen-bond donors (Lipinski definition) is 3. The van der Waals surface area contributed by atoms with Gasteiger partial charge in [-0.2, -0.15) is 0 Å². The van der Waals surface area contributed by atoms with E-state index >= 15 is 0 Å². The van der Waals surface area contributed by atoms with Gasteiger partial charge in [0.2, 0.25) is 0 Å². The summed E-state index contributed by atoms with van der Waals surface area (Å²) in [4.78, 5) is 72.3. The molecule has 0 rings (SSSR count). The van der Waals surface area contributed by atoms with Gasteiger partial charge >= 0.3 is 39.5 Å². The smallest absolute Gasteiger partial charge is 0.462 e. The van der Waals surface area contributed by atoms with Gasteiger partial charge in [-0.1, -0.05) is 311 Å². The van der Waals surface area contributed by atoms with Crippen LogP contribution in [0, 0.1) is 11.8 Å². The van der Waals surface area contributed by atoms with Gasteiger partial charge < -0.3 is 33.8 Å². The van der Waals surface area contributed by atoms with E-state index in [9.17, 15) is 43.2 Å². The summed E-state index contributed by atoms with van der Waals surface area (Å²) in [6, 6.07) is 0. The van der Waals surface area contributed by atoms with Gasteiger partial charge in [-0.3, -0.25) is 37.3 Å². The minimum Gasteiger partial charge on any atom is -0.462 e. The quantitative estimate of drug-likeness (QED) is 0.0222. The van der Waals surface area contributed by atoms with Crippen LogP contribution in [0.3, 0.4) is 0 Å². The molecule has 0 spiro atoms. The first-order valence-electron chi connectivity index (χ1n) is 37.0. The molecule has 0 aliphatic rings. The second kappa shape index (κ2) is 63.1. The molecule has 0 aliphatic carbocycles. The fourth-order valence-corrected chi connectivity index (χ4v) is 12.3. The fraction of sp³-hybridized carbons (Fsp3) is 0.944. The largest absolute Gasteiger partial charge is 0.472 e. The summed E-state index contributed by atoms with van der Waals surface area (Å²) in [6.07, 6.45) is 49.1. The van der Waals surface area contributed by atoms with E-state index in [1.54, 1.807) is 0 Å². The van der Waals surface area contributed by atoms with Crippen LogP contribution in [-0.4, -0.2) is 96.7 Å². The van der Waals surface area contributed by atoms with Gasteiger partial charge in [-0.05, 0) is 37.5 Å². The molecule has 0 radical (unpaired) electrons. The van der Waals surface area contributed by atoms with Crippen molar-refractivity contribution in [3.05, 3.63) is 0 Å². The zero-order valence-corrected chi connectivity index (χ0v) is 60.2. The first-order chi connectivity index (χ1) is 43.4. The van der Waals surface area contributed by atoms with E-state index in [1.807, 2.05) is 0 Å². The SMILES string of the molecule is CCCCCCCCCCCCCCCCCCCC(=O)OC[C@H](COP(=O)(O)OC[C@@H](O)COP(=O)(O)OC[C@@H](COC(=O)CCCCCCC)OC(=O)CCCCCCCCCCC(C)C)OC(=O)CCCCCCCCCCCCCCCCC(C)C. The highest BCUT2D eigenvalue weighted by atomic mass is 31.2. The van der Waals surface area contributed by atoms with Crippen LogP contribution >= 0.6 is 15.6 Å². The Labute approximate surface area is 549 Å². The summed E-state index contributed by atoms with van der Waals surface area (Å²) >= 11 is 0. The molecule has 5 atom stereocenters. The van der Waals surface area contributed by atoms with Crippen LogP contribution < -0.4 is 0 Å². The van der Waals surface area contributed by atoms with Crippen LogP contribution in [0.25, 0.3) is 0 Å². The van der Waals surface area contributed by atoms with Crippen LogP contribution in [0.1, 0.15) is 363 Å². The van der Waals surface area contributed by atoms with Crippen molar-refractivity contribution >= 4 is 39.5 Å². The number of aliphatic hydroxyl groups is 1. The molecule has 0 aromatic carbocycles. The van der Waals surface area contributed by atoms with Crippen LogP contribution in [0.15, 0.2) is 0 Å². The average Bonchev–Trinajstić information content (AvgIpc) is 3.63. The molecule has 19 heteroatoms. The van der Waals surface area contributed by atoms with Crippen LogP contribution in [0.5, 0.6) is 0 Å². The van der Waals surface area contributed by atoms with Crippen molar-refractivity contribution in [1.29, 1.82) is 0 Å². The van der Waals surface area contributed by atoms with Gasteiger partial charge in [0.15, 0.2) is 12.2 Å². The lowest BCUT2D eigenvalue weighted by molar-refractivity contribution is -0.161. The molecule has 0 saturated carbocycles. The Morgan fingerprint density at radius 1 is 0.300 bits per heavy atom. The lowest BCUT2D eigenvalue weighted by atomic mass is 10.0. The molecular formula is C71H138O17P2. The summed E-state index contributed by atoms with van der Waals surface area (Å²) in [6.45, 7) is 9.45. The van der Waals surface area contributed by atoms with E-state index in [2.05, 4.69) is 41.5 Å². The van der Waals surface area contributed by atoms with Gasteiger partial charge in [0.25, 0.3) is 0 Å². The van der Waals surface area contributed by atoms with Crippen LogP contribution in [0.4, 0.5) is 0 Å². The number of phosphoric ester groups is 2. The van der Waals surface area contributed by atoms with Gasteiger partial charge in [0.05, 0.1) is 26.4 Å². The summed E-state index contributed by atoms with van der Waals surface area (Å²) in [5, 5.41) is 10.6. The van der Waals surface area contributed by atoms with Crippen LogP contribution in [0.2, 0.25) is 0 Å². The number of carbonyl (C=O) groups is 4. The molecule has 0 aliphatic heterocycles. The third-order valence-corrected chi connectivity index (χ3v) is 18.4. The summed E-state index contributed by atoms with van der Waals surface area (Å²) < 4.78 is 68.1. The molecule has 534 valence electrons. The maximum absolute atomic E-state index is 13.0. The number of hydrogen-bond acceptors (Lipinski definition) is 15. The number of esters is 4. The van der Waals surface area contributed by atoms with E-state index in [0.717, 1.165) is 108 Å². The molecule has 17 nitrogen and oxygen atoms in total. The lowest BCUT2D eigenvalue weighted by Crippen LogP contribution is -2.30. The number of aliphatic hydroxyl groups excluding tert-OH is 1. The molecule has 0 amide bonds. The van der Waals surface area contributed by atoms with Crippen molar-refractivity contribution in [2.24, 2.45) is 11.8 Å². The molecular weight excluding hydrogens is 1190 g/mol. The van der Waals surface area contributed by atoms with Crippen molar-refractivity contribution in [3.8, 4) is 0 Å². The summed E-state index contributed by atoms with van der Waals surface area (Å²) in [7, 11) is -9.89. The highest BCUT2D eigenvalue weighted by molar-refractivity contribution is 7.47. The number of rotatable bonds is 70. The Morgan fingerprint density at radius 3 is 0.756 bits per heavy atom. The zero-order chi connectivity index (χ0) is 66.5. The van der Waals surface area contributed by atoms with E-state index in [0.29, 0.717) is 25.7 Å². The van der Waals surface area contributed by atoms with E-state index in [1.165, 1.54) is 173 Å². The maximum atomic E-state index is 13.0. The predicted molar refractivity (Wildman–Crippen MR) is 363 cm³/mol. The normalized spacial score (nSPS) is 14.1. The first kappa shape index (κ1) is 88.1. The molecule has 0 bridgehead atoms. The van der Waals surface area contributed by atoms with Gasteiger partial charge in [-0.15, -0.1) is 0 Å². The minimum atomic E-state index is -4.95. The van der Waals surface area contributed by atoms with E-state index in [-0.39, 0.29) is 25.7 Å². The second-order valence-electron chi connectivity index (χ2n) is 26.6. The Hall–Kier alpha value is -1.94. The highest BCUT2D eigenvalue weighted by Gasteiger charge is 2.30. The summed E-state index contributed by atoms with van der Waals surface area (Å²) in [5.74, 6) is -0.621. The van der Waals surface area contributed by atoms with Crippen molar-refractivity contribution in [2.75, 3.05) is 39.6 Å². The van der Waals surface area contributed by atoms with Gasteiger partial charge in [0.1, 0.15) is 19.3 Å². The topological polar surface area (TPSA) is 237 Å². The second-order valence-corrected chi connectivity index (χ2v) is 29.5. The standard InChI is InChI=1S/C71H138O17P2/c1-7-9-11-13-14-15-16-17-18-19-20-24-27-30-36-42-48-54-69(74)82-60-67(88-70(75)55-49-43-37-31-28-25-22-21-23-26-29-34-40-45-51-63(3)4)62-86-90(79,80)84-58-65(72)57-83-89(77,78)85-61-66(59-81-68(73)53-47-39-12-10-8-2)87-71(76)56-50-44-38-33-32-35-41-46-52-64(5)6/h63-67,72H,7-62H2,1-6H3,(H,77,78)(H,79,80)/t65-,66+,67+/m0/s1. The lowest BCUT2D eigenvalue weighted by Gasteiger charge is -2.21. The minimum absolute atomic E-state index is 0.104.